The molecule has 0 heterocycles. The third-order valence-electron chi connectivity index (χ3n) is 2.62. The fourth-order valence-electron chi connectivity index (χ4n) is 1.59. The van der Waals surface area contributed by atoms with E-state index in [9.17, 15) is 13.2 Å². The first-order chi connectivity index (χ1) is 7.55. The SMILES string of the molecule is CNS(=O)(=O)CCNC(=O)[C@H]1CC=CCC1. The molecule has 0 saturated heterocycles. The van der Waals surface area contributed by atoms with Crippen molar-refractivity contribution in [3.63, 3.8) is 0 Å². The van der Waals surface area contributed by atoms with Crippen LogP contribution in [0.2, 0.25) is 0 Å². The van der Waals surface area contributed by atoms with E-state index >= 15 is 0 Å². The number of hydrogen-bond acceptors (Lipinski definition) is 3. The van der Waals surface area contributed by atoms with E-state index in [-0.39, 0.29) is 24.1 Å². The fraction of sp³-hybridized carbons (Fsp3) is 0.700. The lowest BCUT2D eigenvalue weighted by Gasteiger charge is -2.17. The Hall–Kier alpha value is -0.880. The molecule has 0 bridgehead atoms. The molecular weight excluding hydrogens is 228 g/mol. The van der Waals surface area contributed by atoms with Crippen molar-refractivity contribution in [2.24, 2.45) is 5.92 Å². The molecule has 1 amide bonds. The van der Waals surface area contributed by atoms with Gasteiger partial charge in [-0.05, 0) is 26.3 Å². The molecule has 0 aromatic heterocycles. The Morgan fingerprint density at radius 3 is 2.75 bits per heavy atom. The predicted molar refractivity (Wildman–Crippen MR) is 62.3 cm³/mol. The van der Waals surface area contributed by atoms with E-state index in [4.69, 9.17) is 0 Å². The zero-order valence-electron chi connectivity index (χ0n) is 9.40. The summed E-state index contributed by atoms with van der Waals surface area (Å²) in [5.41, 5.74) is 0. The second-order valence-electron chi connectivity index (χ2n) is 3.80. The minimum Gasteiger partial charge on any atom is -0.355 e. The van der Waals surface area contributed by atoms with Gasteiger partial charge in [0.05, 0.1) is 5.75 Å². The van der Waals surface area contributed by atoms with E-state index in [2.05, 4.69) is 16.1 Å². The minimum absolute atomic E-state index is 0.00212. The molecule has 0 radical (unpaired) electrons. The summed E-state index contributed by atoms with van der Waals surface area (Å²) >= 11 is 0. The highest BCUT2D eigenvalue weighted by molar-refractivity contribution is 7.89. The third-order valence-corrected chi connectivity index (χ3v) is 3.98. The van der Waals surface area contributed by atoms with Crippen molar-refractivity contribution in [1.82, 2.24) is 10.0 Å². The highest BCUT2D eigenvalue weighted by Gasteiger charge is 2.18. The van der Waals surface area contributed by atoms with E-state index in [0.29, 0.717) is 0 Å². The van der Waals surface area contributed by atoms with Crippen LogP contribution in [-0.2, 0) is 14.8 Å². The third kappa shape index (κ3) is 4.32. The van der Waals surface area contributed by atoms with E-state index < -0.39 is 10.0 Å². The quantitative estimate of drug-likeness (QED) is 0.671. The Bertz CT molecular complexity index is 362. The van der Waals surface area contributed by atoms with Gasteiger partial charge in [0.1, 0.15) is 0 Å². The first-order valence-electron chi connectivity index (χ1n) is 5.39. The number of rotatable bonds is 5. The van der Waals surface area contributed by atoms with Crippen molar-refractivity contribution in [3.8, 4) is 0 Å². The van der Waals surface area contributed by atoms with Crippen LogP contribution in [0.4, 0.5) is 0 Å². The smallest absolute Gasteiger partial charge is 0.223 e. The molecule has 0 aromatic carbocycles. The molecule has 2 N–H and O–H groups in total. The molecule has 1 atom stereocenters. The van der Waals surface area contributed by atoms with E-state index in [1.165, 1.54) is 7.05 Å². The van der Waals surface area contributed by atoms with Crippen LogP contribution in [0.15, 0.2) is 12.2 Å². The molecule has 0 saturated carbocycles. The first kappa shape index (κ1) is 13.2. The number of nitrogens with one attached hydrogen (secondary N) is 2. The number of amides is 1. The van der Waals surface area contributed by atoms with Gasteiger partial charge in [-0.25, -0.2) is 13.1 Å². The summed E-state index contributed by atoms with van der Waals surface area (Å²) < 4.78 is 24.4. The average molecular weight is 246 g/mol. The summed E-state index contributed by atoms with van der Waals surface area (Å²) in [6.45, 7) is 0.169. The van der Waals surface area contributed by atoms with Gasteiger partial charge >= 0.3 is 0 Å². The maximum Gasteiger partial charge on any atom is 0.223 e. The van der Waals surface area contributed by atoms with Gasteiger partial charge in [-0.2, -0.15) is 0 Å². The van der Waals surface area contributed by atoms with Gasteiger partial charge in [0.2, 0.25) is 15.9 Å². The second-order valence-corrected chi connectivity index (χ2v) is 5.84. The van der Waals surface area contributed by atoms with Gasteiger partial charge in [-0.1, -0.05) is 12.2 Å². The number of carbonyl (C=O) groups is 1. The Kier molecular flexibility index (Phi) is 4.95. The molecular formula is C10H18N2O3S. The number of allylic oxidation sites excluding steroid dienone is 2. The Balaban J connectivity index is 2.28. The number of carbonyl (C=O) groups excluding carboxylic acids is 1. The lowest BCUT2D eigenvalue weighted by Crippen LogP contribution is -2.36. The summed E-state index contributed by atoms with van der Waals surface area (Å²) in [5.74, 6) is -0.115. The zero-order chi connectivity index (χ0) is 12.0. The second kappa shape index (κ2) is 6.00. The highest BCUT2D eigenvalue weighted by atomic mass is 32.2. The molecule has 1 aliphatic carbocycles. The lowest BCUT2D eigenvalue weighted by atomic mass is 9.94. The molecule has 92 valence electrons. The monoisotopic (exact) mass is 246 g/mol. The Morgan fingerprint density at radius 1 is 1.44 bits per heavy atom. The van der Waals surface area contributed by atoms with Crippen LogP contribution in [0, 0.1) is 5.92 Å². The van der Waals surface area contributed by atoms with Crippen molar-refractivity contribution in [2.75, 3.05) is 19.3 Å². The van der Waals surface area contributed by atoms with Gasteiger partial charge in [0.25, 0.3) is 0 Å². The van der Waals surface area contributed by atoms with Crippen LogP contribution in [0.3, 0.4) is 0 Å². The normalized spacial score (nSPS) is 20.7. The molecule has 0 unspecified atom stereocenters. The van der Waals surface area contributed by atoms with Gasteiger partial charge < -0.3 is 5.32 Å². The van der Waals surface area contributed by atoms with Crippen molar-refractivity contribution in [2.45, 2.75) is 19.3 Å². The van der Waals surface area contributed by atoms with Crippen LogP contribution in [-0.4, -0.2) is 33.7 Å². The topological polar surface area (TPSA) is 75.3 Å². The summed E-state index contributed by atoms with van der Waals surface area (Å²) in [6.07, 6.45) is 6.59. The van der Waals surface area contributed by atoms with Crippen LogP contribution in [0.5, 0.6) is 0 Å². The molecule has 1 aliphatic rings. The molecule has 16 heavy (non-hydrogen) atoms. The molecule has 0 spiro atoms. The fourth-order valence-corrected chi connectivity index (χ4v) is 2.16. The summed E-state index contributed by atoms with van der Waals surface area (Å²) in [7, 11) is -1.86. The summed E-state index contributed by atoms with van der Waals surface area (Å²) in [4.78, 5) is 11.6. The van der Waals surface area contributed by atoms with Crippen molar-refractivity contribution in [1.29, 1.82) is 0 Å². The largest absolute Gasteiger partial charge is 0.355 e. The maximum atomic E-state index is 11.6. The molecule has 0 fully saturated rings. The van der Waals surface area contributed by atoms with Gasteiger partial charge in [0, 0.05) is 12.5 Å². The van der Waals surface area contributed by atoms with E-state index in [0.717, 1.165) is 19.3 Å². The van der Waals surface area contributed by atoms with Gasteiger partial charge in [-0.15, -0.1) is 0 Å². The average Bonchev–Trinajstić information content (AvgIpc) is 2.30. The molecule has 6 heteroatoms. The summed E-state index contributed by atoms with van der Waals surface area (Å²) in [6, 6.07) is 0. The van der Waals surface area contributed by atoms with Crippen LogP contribution < -0.4 is 10.0 Å². The van der Waals surface area contributed by atoms with E-state index in [1.54, 1.807) is 0 Å². The van der Waals surface area contributed by atoms with E-state index in [1.807, 2.05) is 6.08 Å². The minimum atomic E-state index is -3.22. The molecule has 0 aromatic rings. The maximum absolute atomic E-state index is 11.6. The van der Waals surface area contributed by atoms with Crippen LogP contribution in [0.25, 0.3) is 0 Å². The van der Waals surface area contributed by atoms with Crippen LogP contribution >= 0.6 is 0 Å². The predicted octanol–water partition coefficient (Wildman–Crippen LogP) is 0.00810. The van der Waals surface area contributed by atoms with Crippen LogP contribution in [0.1, 0.15) is 19.3 Å². The molecule has 5 nitrogen and oxygen atoms in total. The Morgan fingerprint density at radius 2 is 2.19 bits per heavy atom. The first-order valence-corrected chi connectivity index (χ1v) is 7.04. The molecule has 0 aliphatic heterocycles. The zero-order valence-corrected chi connectivity index (χ0v) is 10.2. The number of sulfonamides is 1. The Labute approximate surface area is 96.4 Å². The van der Waals surface area contributed by atoms with Crippen molar-refractivity contribution in [3.05, 3.63) is 12.2 Å². The summed E-state index contributed by atoms with van der Waals surface area (Å²) in [5, 5.41) is 2.65. The number of hydrogen-bond donors (Lipinski definition) is 2. The van der Waals surface area contributed by atoms with Crippen molar-refractivity contribution >= 4 is 15.9 Å². The highest BCUT2D eigenvalue weighted by Crippen LogP contribution is 2.17. The molecule has 1 rings (SSSR count). The standard InChI is InChI=1S/C10H18N2O3S/c1-11-16(14,15)8-7-12-10(13)9-5-3-2-4-6-9/h2-3,9,11H,4-8H2,1H3,(H,12,13)/t9-/m0/s1. The van der Waals surface area contributed by atoms with Crippen molar-refractivity contribution < 1.29 is 13.2 Å². The van der Waals surface area contributed by atoms with Gasteiger partial charge in [0.15, 0.2) is 0 Å². The lowest BCUT2D eigenvalue weighted by molar-refractivity contribution is -0.125. The van der Waals surface area contributed by atoms with Gasteiger partial charge in [-0.3, -0.25) is 4.79 Å².